The second kappa shape index (κ2) is 9.42. The Bertz CT molecular complexity index is 1040. The Balaban J connectivity index is 1.53. The van der Waals surface area contributed by atoms with E-state index >= 15 is 0 Å². The van der Waals surface area contributed by atoms with Gasteiger partial charge in [0.15, 0.2) is 9.84 Å². The maximum Gasteiger partial charge on any atom is 0.573 e. The highest BCUT2D eigenvalue weighted by Crippen LogP contribution is 2.27. The van der Waals surface area contributed by atoms with E-state index in [-0.39, 0.29) is 29.4 Å². The number of para-hydroxylation sites is 1. The summed E-state index contributed by atoms with van der Waals surface area (Å²) in [6.45, 7) is 1.13. The second-order valence-electron chi connectivity index (χ2n) is 6.94. The molecular formula is C21H21F3N2O4S. The first-order chi connectivity index (χ1) is 14.6. The number of hydrogen-bond acceptors (Lipinski definition) is 5. The summed E-state index contributed by atoms with van der Waals surface area (Å²) in [5, 5.41) is 2.66. The highest BCUT2D eigenvalue weighted by molar-refractivity contribution is 7.91. The van der Waals surface area contributed by atoms with E-state index in [0.717, 1.165) is 17.3 Å². The van der Waals surface area contributed by atoms with Crippen molar-refractivity contribution < 1.29 is 31.1 Å². The van der Waals surface area contributed by atoms with Crippen molar-refractivity contribution in [3.8, 4) is 5.75 Å². The standard InChI is InChI=1S/C21H21F3N2O4S/c22-21(23,24)30-19-4-2-1-3-17(19)7-10-20(27)25-15-16-5-8-18(9-6-16)26-11-13-31(28,29)14-12-26/h1-10H,11-15H2,(H,25,27)/b10-7+. The number of nitrogens with zero attached hydrogens (tertiary/aromatic N) is 1. The van der Waals surface area contributed by atoms with E-state index in [4.69, 9.17) is 0 Å². The molecule has 1 saturated heterocycles. The lowest BCUT2D eigenvalue weighted by Gasteiger charge is -2.28. The summed E-state index contributed by atoms with van der Waals surface area (Å²) in [4.78, 5) is 14.0. The van der Waals surface area contributed by atoms with Gasteiger partial charge in [0.1, 0.15) is 5.75 Å². The lowest BCUT2D eigenvalue weighted by molar-refractivity contribution is -0.274. The highest BCUT2D eigenvalue weighted by Gasteiger charge is 2.31. The summed E-state index contributed by atoms with van der Waals surface area (Å²) in [6.07, 6.45) is -2.42. The first kappa shape index (κ1) is 22.7. The van der Waals surface area contributed by atoms with Gasteiger partial charge < -0.3 is 15.0 Å². The van der Waals surface area contributed by atoms with Crippen LogP contribution in [0.1, 0.15) is 11.1 Å². The summed E-state index contributed by atoms with van der Waals surface area (Å²) >= 11 is 0. The molecule has 2 aromatic rings. The van der Waals surface area contributed by atoms with Crippen molar-refractivity contribution in [1.29, 1.82) is 0 Å². The number of benzene rings is 2. The van der Waals surface area contributed by atoms with Gasteiger partial charge in [0.2, 0.25) is 5.91 Å². The number of rotatable bonds is 6. The Labute approximate surface area is 178 Å². The molecule has 0 aliphatic carbocycles. The number of carbonyl (C=O) groups is 1. The van der Waals surface area contributed by atoms with Crippen molar-refractivity contribution in [3.63, 3.8) is 0 Å². The van der Waals surface area contributed by atoms with Gasteiger partial charge in [-0.25, -0.2) is 8.42 Å². The molecule has 0 atom stereocenters. The predicted octanol–water partition coefficient (Wildman–Crippen LogP) is 3.15. The summed E-state index contributed by atoms with van der Waals surface area (Å²) in [6, 6.07) is 12.9. The third-order valence-electron chi connectivity index (χ3n) is 4.67. The van der Waals surface area contributed by atoms with Crippen LogP contribution >= 0.6 is 0 Å². The van der Waals surface area contributed by atoms with Gasteiger partial charge in [-0.1, -0.05) is 30.3 Å². The molecule has 1 aliphatic heterocycles. The van der Waals surface area contributed by atoms with Crippen LogP contribution < -0.4 is 15.0 Å². The number of amides is 1. The molecule has 0 spiro atoms. The van der Waals surface area contributed by atoms with Crippen LogP contribution in [0.4, 0.5) is 18.9 Å². The van der Waals surface area contributed by atoms with Crippen LogP contribution in [-0.4, -0.2) is 45.3 Å². The largest absolute Gasteiger partial charge is 0.573 e. The zero-order valence-corrected chi connectivity index (χ0v) is 17.2. The van der Waals surface area contributed by atoms with E-state index in [1.54, 1.807) is 6.07 Å². The molecular weight excluding hydrogens is 433 g/mol. The number of alkyl halides is 3. The van der Waals surface area contributed by atoms with Crippen molar-refractivity contribution in [2.45, 2.75) is 12.9 Å². The van der Waals surface area contributed by atoms with Crippen LogP contribution in [0.3, 0.4) is 0 Å². The molecule has 166 valence electrons. The first-order valence-corrected chi connectivity index (χ1v) is 11.3. The molecule has 3 rings (SSSR count). The molecule has 2 aromatic carbocycles. The van der Waals surface area contributed by atoms with Crippen LogP contribution in [0, 0.1) is 0 Å². The smallest absolute Gasteiger partial charge is 0.405 e. The van der Waals surface area contributed by atoms with Gasteiger partial charge in [-0.15, -0.1) is 13.2 Å². The summed E-state index contributed by atoms with van der Waals surface area (Å²) < 4.78 is 64.4. The van der Waals surface area contributed by atoms with E-state index < -0.39 is 22.1 Å². The van der Waals surface area contributed by atoms with Crippen LogP contribution in [0.2, 0.25) is 0 Å². The van der Waals surface area contributed by atoms with Gasteiger partial charge in [0.05, 0.1) is 11.5 Å². The number of halogens is 3. The maximum atomic E-state index is 12.5. The fraction of sp³-hybridized carbons (Fsp3) is 0.286. The molecule has 0 unspecified atom stereocenters. The Morgan fingerprint density at radius 2 is 1.71 bits per heavy atom. The lowest BCUT2D eigenvalue weighted by Crippen LogP contribution is -2.40. The minimum Gasteiger partial charge on any atom is -0.405 e. The predicted molar refractivity (Wildman–Crippen MR) is 111 cm³/mol. The van der Waals surface area contributed by atoms with E-state index in [9.17, 15) is 26.4 Å². The van der Waals surface area contributed by atoms with E-state index in [2.05, 4.69) is 10.1 Å². The Morgan fingerprint density at radius 1 is 1.06 bits per heavy atom. The van der Waals surface area contributed by atoms with Gasteiger partial charge in [-0.2, -0.15) is 0 Å². The zero-order valence-electron chi connectivity index (χ0n) is 16.4. The molecule has 0 bridgehead atoms. The highest BCUT2D eigenvalue weighted by atomic mass is 32.2. The molecule has 1 aliphatic rings. The van der Waals surface area contributed by atoms with Gasteiger partial charge in [-0.3, -0.25) is 4.79 Å². The monoisotopic (exact) mass is 454 g/mol. The molecule has 31 heavy (non-hydrogen) atoms. The zero-order chi connectivity index (χ0) is 22.5. The topological polar surface area (TPSA) is 75.7 Å². The number of nitrogens with one attached hydrogen (secondary N) is 1. The van der Waals surface area contributed by atoms with Gasteiger partial charge >= 0.3 is 6.36 Å². The SMILES string of the molecule is O=C(/C=C/c1ccccc1OC(F)(F)F)NCc1ccc(N2CCS(=O)(=O)CC2)cc1. The Hall–Kier alpha value is -3.01. The minimum atomic E-state index is -4.82. The Kier molecular flexibility index (Phi) is 6.89. The lowest BCUT2D eigenvalue weighted by atomic mass is 10.1. The third-order valence-corrected chi connectivity index (χ3v) is 6.28. The molecule has 0 saturated carbocycles. The van der Waals surface area contributed by atoms with Crippen LogP contribution in [0.5, 0.6) is 5.75 Å². The maximum absolute atomic E-state index is 12.5. The van der Waals surface area contributed by atoms with Crippen LogP contribution in [0.15, 0.2) is 54.6 Å². The molecule has 1 heterocycles. The molecule has 1 fully saturated rings. The average Bonchev–Trinajstić information content (AvgIpc) is 2.71. The first-order valence-electron chi connectivity index (χ1n) is 9.46. The van der Waals surface area contributed by atoms with E-state index in [0.29, 0.717) is 13.1 Å². The minimum absolute atomic E-state index is 0.128. The van der Waals surface area contributed by atoms with Crippen LogP contribution in [0.25, 0.3) is 6.08 Å². The van der Waals surface area contributed by atoms with Crippen molar-refractivity contribution in [3.05, 3.63) is 65.7 Å². The summed E-state index contributed by atoms with van der Waals surface area (Å²) in [7, 11) is -2.95. The van der Waals surface area contributed by atoms with Crippen molar-refractivity contribution in [1.82, 2.24) is 5.32 Å². The fourth-order valence-electron chi connectivity index (χ4n) is 3.04. The number of hydrogen-bond donors (Lipinski definition) is 1. The van der Waals surface area contributed by atoms with Crippen LogP contribution in [-0.2, 0) is 21.2 Å². The van der Waals surface area contributed by atoms with Gasteiger partial charge in [0.25, 0.3) is 0 Å². The van der Waals surface area contributed by atoms with Gasteiger partial charge in [0, 0.05) is 37.0 Å². The quantitative estimate of drug-likeness (QED) is 0.679. The second-order valence-corrected chi connectivity index (χ2v) is 9.25. The van der Waals surface area contributed by atoms with Crippen molar-refractivity contribution in [2.75, 3.05) is 29.5 Å². The number of carbonyl (C=O) groups excluding carboxylic acids is 1. The summed E-state index contributed by atoms with van der Waals surface area (Å²) in [5.41, 5.74) is 1.87. The van der Waals surface area contributed by atoms with Crippen molar-refractivity contribution >= 4 is 27.5 Å². The molecule has 0 radical (unpaired) electrons. The molecule has 0 aromatic heterocycles. The summed E-state index contributed by atoms with van der Waals surface area (Å²) in [5.74, 6) is -0.588. The fourth-order valence-corrected chi connectivity index (χ4v) is 4.25. The molecule has 1 N–H and O–H groups in total. The number of ether oxygens (including phenoxy) is 1. The Morgan fingerprint density at radius 3 is 2.35 bits per heavy atom. The normalized spacial score (nSPS) is 16.3. The van der Waals surface area contributed by atoms with Crippen molar-refractivity contribution in [2.24, 2.45) is 0 Å². The van der Waals surface area contributed by atoms with E-state index in [1.807, 2.05) is 29.2 Å². The third kappa shape index (κ3) is 7.02. The number of sulfone groups is 1. The number of anilines is 1. The molecule has 10 heteroatoms. The molecule has 1 amide bonds. The molecule has 6 nitrogen and oxygen atoms in total. The van der Waals surface area contributed by atoms with Gasteiger partial charge in [-0.05, 0) is 29.8 Å². The van der Waals surface area contributed by atoms with E-state index in [1.165, 1.54) is 24.3 Å². The average molecular weight is 454 g/mol.